The van der Waals surface area contributed by atoms with Gasteiger partial charge in [0.2, 0.25) is 0 Å². The molecule has 4 N–H and O–H groups in total. The molecule has 0 aliphatic carbocycles. The summed E-state index contributed by atoms with van der Waals surface area (Å²) in [7, 11) is -4.08. The zero-order valence-electron chi connectivity index (χ0n) is 5.61. The van der Waals surface area contributed by atoms with E-state index in [0.717, 1.165) is 0 Å². The Bertz CT molecular complexity index is 195. The molecular weight excluding hydrogens is 158 g/mol. The van der Waals surface area contributed by atoms with Crippen LogP contribution in [0.3, 0.4) is 0 Å². The first-order chi connectivity index (χ1) is 4.27. The van der Waals surface area contributed by atoms with Crippen molar-refractivity contribution in [3.05, 3.63) is 0 Å². The fraction of sp³-hybridized carbons (Fsp3) is 1.00. The van der Waals surface area contributed by atoms with E-state index >= 15 is 0 Å². The molecule has 0 aliphatic heterocycles. The van der Waals surface area contributed by atoms with Crippen LogP contribution in [0.1, 0.15) is 6.92 Å². The third-order valence-corrected chi connectivity index (χ3v) is 1.90. The molecule has 0 rings (SSSR count). The summed E-state index contributed by atoms with van der Waals surface area (Å²) in [5, 5.41) is 8.46. The van der Waals surface area contributed by atoms with Gasteiger partial charge < -0.3 is 10.8 Å². The first-order valence-corrected chi connectivity index (χ1v) is 4.23. The van der Waals surface area contributed by atoms with Gasteiger partial charge in [0.1, 0.15) is 0 Å². The van der Waals surface area contributed by atoms with Gasteiger partial charge in [0, 0.05) is 0 Å². The summed E-state index contributed by atoms with van der Waals surface area (Å²) < 4.78 is 28.6. The minimum atomic E-state index is -4.08. The Hall–Kier alpha value is -0.170. The van der Waals surface area contributed by atoms with Crippen LogP contribution < -0.4 is 5.73 Å². The van der Waals surface area contributed by atoms with Crippen LogP contribution in [0.5, 0.6) is 0 Å². The number of rotatable bonds is 3. The molecule has 0 heterocycles. The fourth-order valence-electron chi connectivity index (χ4n) is 0.462. The first kappa shape index (κ1) is 9.83. The molecule has 62 valence electrons. The Morgan fingerprint density at radius 3 is 2.10 bits per heavy atom. The largest absolute Gasteiger partial charge is 0.394 e. The van der Waals surface area contributed by atoms with Crippen molar-refractivity contribution in [3.8, 4) is 0 Å². The third kappa shape index (κ3) is 4.68. The van der Waals surface area contributed by atoms with Crippen molar-refractivity contribution in [2.24, 2.45) is 5.73 Å². The molecule has 5 nitrogen and oxygen atoms in total. The van der Waals surface area contributed by atoms with Crippen molar-refractivity contribution >= 4 is 10.1 Å². The minimum Gasteiger partial charge on any atom is -0.394 e. The lowest BCUT2D eigenvalue weighted by atomic mass is 10.1. The first-order valence-electron chi connectivity index (χ1n) is 2.62. The van der Waals surface area contributed by atoms with Gasteiger partial charge in [-0.1, -0.05) is 0 Å². The van der Waals surface area contributed by atoms with Crippen molar-refractivity contribution in [1.29, 1.82) is 0 Å². The molecule has 0 saturated heterocycles. The molecule has 0 fully saturated rings. The van der Waals surface area contributed by atoms with Crippen molar-refractivity contribution in [1.82, 2.24) is 0 Å². The van der Waals surface area contributed by atoms with E-state index < -0.39 is 28.0 Å². The molecule has 6 heteroatoms. The number of hydrogen-bond donors (Lipinski definition) is 3. The molecule has 0 aromatic carbocycles. The summed E-state index contributed by atoms with van der Waals surface area (Å²) >= 11 is 0. The second kappa shape index (κ2) is 2.83. The Labute approximate surface area is 59.6 Å². The van der Waals surface area contributed by atoms with Gasteiger partial charge in [-0.2, -0.15) is 8.42 Å². The number of nitrogens with two attached hydrogens (primary N) is 1. The lowest BCUT2D eigenvalue weighted by molar-refractivity contribution is 0.221. The summed E-state index contributed by atoms with van der Waals surface area (Å²) in [4.78, 5) is 0. The van der Waals surface area contributed by atoms with E-state index in [1.54, 1.807) is 0 Å². The number of hydrogen-bond acceptors (Lipinski definition) is 4. The molecule has 10 heavy (non-hydrogen) atoms. The Morgan fingerprint density at radius 2 is 2.00 bits per heavy atom. The second-order valence-electron chi connectivity index (χ2n) is 2.54. The van der Waals surface area contributed by atoms with E-state index in [2.05, 4.69) is 0 Å². The molecule has 0 radical (unpaired) electrons. The predicted octanol–water partition coefficient (Wildman–Crippen LogP) is -1.42. The highest BCUT2D eigenvalue weighted by Gasteiger charge is 2.24. The molecule has 1 unspecified atom stereocenters. The maximum absolute atomic E-state index is 10.2. The van der Waals surface area contributed by atoms with E-state index in [9.17, 15) is 8.42 Å². The summed E-state index contributed by atoms with van der Waals surface area (Å²) in [5.74, 6) is -0.628. The Balaban J connectivity index is 4.16. The number of aliphatic hydroxyl groups excluding tert-OH is 1. The highest BCUT2D eigenvalue weighted by Crippen LogP contribution is 2.00. The van der Waals surface area contributed by atoms with Crippen molar-refractivity contribution in [3.63, 3.8) is 0 Å². The zero-order valence-corrected chi connectivity index (χ0v) is 6.43. The molecule has 0 aliphatic rings. The van der Waals surface area contributed by atoms with Crippen LogP contribution >= 0.6 is 0 Å². The normalized spacial score (nSPS) is 18.4. The molecule has 0 saturated carbocycles. The van der Waals surface area contributed by atoms with E-state index in [4.69, 9.17) is 15.4 Å². The van der Waals surface area contributed by atoms with Gasteiger partial charge in [0.15, 0.2) is 0 Å². The van der Waals surface area contributed by atoms with Gasteiger partial charge in [-0.3, -0.25) is 4.55 Å². The summed E-state index contributed by atoms with van der Waals surface area (Å²) in [5.41, 5.74) is 3.96. The van der Waals surface area contributed by atoms with Gasteiger partial charge in [0.25, 0.3) is 10.1 Å². The molecule has 0 amide bonds. The van der Waals surface area contributed by atoms with E-state index in [1.807, 2.05) is 0 Å². The average molecular weight is 169 g/mol. The lowest BCUT2D eigenvalue weighted by Crippen LogP contribution is -2.46. The molecule has 1 atom stereocenters. The Morgan fingerprint density at radius 1 is 1.60 bits per heavy atom. The maximum atomic E-state index is 10.2. The standard InChI is InChI=1S/C4H11NO4S/c1-4(5,2-6)3-10(7,8)9/h6H,2-3,5H2,1H3,(H,7,8,9). The second-order valence-corrected chi connectivity index (χ2v) is 3.99. The summed E-state index contributed by atoms with van der Waals surface area (Å²) in [6, 6.07) is 0. The van der Waals surface area contributed by atoms with Crippen molar-refractivity contribution in [2.75, 3.05) is 12.4 Å². The highest BCUT2D eigenvalue weighted by atomic mass is 32.2. The van der Waals surface area contributed by atoms with Crippen molar-refractivity contribution < 1.29 is 18.1 Å². The van der Waals surface area contributed by atoms with Crippen LogP contribution in [-0.4, -0.2) is 36.0 Å². The van der Waals surface area contributed by atoms with Gasteiger partial charge in [0.05, 0.1) is 17.9 Å². The smallest absolute Gasteiger partial charge is 0.266 e. The third-order valence-electron chi connectivity index (χ3n) is 0.873. The predicted molar refractivity (Wildman–Crippen MR) is 36.1 cm³/mol. The van der Waals surface area contributed by atoms with Crippen LogP contribution in [0, 0.1) is 0 Å². The monoisotopic (exact) mass is 169 g/mol. The van der Waals surface area contributed by atoms with E-state index in [1.165, 1.54) is 6.92 Å². The maximum Gasteiger partial charge on any atom is 0.266 e. The van der Waals surface area contributed by atoms with Gasteiger partial charge in [-0.25, -0.2) is 0 Å². The van der Waals surface area contributed by atoms with Crippen LogP contribution in [0.2, 0.25) is 0 Å². The number of aliphatic hydroxyl groups is 1. The molecule has 0 spiro atoms. The van der Waals surface area contributed by atoms with E-state index in [-0.39, 0.29) is 0 Å². The van der Waals surface area contributed by atoms with Crippen LogP contribution in [-0.2, 0) is 10.1 Å². The van der Waals surface area contributed by atoms with Gasteiger partial charge in [-0.05, 0) is 6.92 Å². The van der Waals surface area contributed by atoms with Crippen LogP contribution in [0.4, 0.5) is 0 Å². The Kier molecular flexibility index (Phi) is 2.78. The lowest BCUT2D eigenvalue weighted by Gasteiger charge is -2.18. The quantitative estimate of drug-likeness (QED) is 0.450. The fourth-order valence-corrected chi connectivity index (χ4v) is 1.39. The summed E-state index contributed by atoms with van der Waals surface area (Å²) in [6.07, 6.45) is 0. The van der Waals surface area contributed by atoms with Gasteiger partial charge >= 0.3 is 0 Å². The van der Waals surface area contributed by atoms with Gasteiger partial charge in [-0.15, -0.1) is 0 Å². The minimum absolute atomic E-state index is 0.479. The topological polar surface area (TPSA) is 101 Å². The zero-order chi connectivity index (χ0) is 8.41. The van der Waals surface area contributed by atoms with Crippen LogP contribution in [0.15, 0.2) is 0 Å². The summed E-state index contributed by atoms with van der Waals surface area (Å²) in [6.45, 7) is 0.855. The SMILES string of the molecule is CC(N)(CO)CS(=O)(=O)O. The highest BCUT2D eigenvalue weighted by molar-refractivity contribution is 7.85. The van der Waals surface area contributed by atoms with Crippen LogP contribution in [0.25, 0.3) is 0 Å². The molecule has 0 bridgehead atoms. The average Bonchev–Trinajstić information content (AvgIpc) is 1.60. The molecule has 0 aromatic rings. The molecular formula is C4H11NO4S. The molecule has 0 aromatic heterocycles. The van der Waals surface area contributed by atoms with E-state index in [0.29, 0.717) is 0 Å². The van der Waals surface area contributed by atoms with Crippen molar-refractivity contribution in [2.45, 2.75) is 12.5 Å².